The smallest absolute Gasteiger partial charge is 0.314 e. The highest BCUT2D eigenvalue weighted by Gasteiger charge is 2.25. The van der Waals surface area contributed by atoms with Crippen molar-refractivity contribution in [3.63, 3.8) is 0 Å². The Morgan fingerprint density at radius 3 is 1.63 bits per heavy atom. The van der Waals surface area contributed by atoms with Crippen molar-refractivity contribution in [1.29, 1.82) is 0 Å². The topological polar surface area (TPSA) is 52.6 Å². The molecule has 0 saturated carbocycles. The van der Waals surface area contributed by atoms with Gasteiger partial charge in [0.15, 0.2) is 0 Å². The van der Waals surface area contributed by atoms with Gasteiger partial charge in [0.1, 0.15) is 11.5 Å². The summed E-state index contributed by atoms with van der Waals surface area (Å²) in [7, 11) is 0. The standard InChI is InChI=1S/C30H37ClO4/c1-5-9-13-20(7-3)29(32)34-27-23-15-11-12-16-24(23)28(26-19-22(31)17-18-25(26)27)35-30(33)21(8-4)14-10-6-2/h11-12,15-21H,5-10,13-14H2,1-4H3. The quantitative estimate of drug-likeness (QED) is 0.143. The highest BCUT2D eigenvalue weighted by atomic mass is 35.5. The van der Waals surface area contributed by atoms with Crippen LogP contribution in [0.1, 0.15) is 79.1 Å². The summed E-state index contributed by atoms with van der Waals surface area (Å²) >= 11 is 6.38. The van der Waals surface area contributed by atoms with Crippen molar-refractivity contribution in [1.82, 2.24) is 0 Å². The number of ether oxygens (including phenoxy) is 2. The number of halogens is 1. The van der Waals surface area contributed by atoms with Gasteiger partial charge in [-0.15, -0.1) is 0 Å². The highest BCUT2D eigenvalue weighted by molar-refractivity contribution is 6.31. The van der Waals surface area contributed by atoms with E-state index < -0.39 is 0 Å². The van der Waals surface area contributed by atoms with Gasteiger partial charge >= 0.3 is 11.9 Å². The molecule has 2 unspecified atom stereocenters. The number of carbonyl (C=O) groups is 2. The third-order valence-electron chi connectivity index (χ3n) is 6.76. The molecule has 4 nitrogen and oxygen atoms in total. The second-order valence-electron chi connectivity index (χ2n) is 9.23. The van der Waals surface area contributed by atoms with Gasteiger partial charge in [-0.2, -0.15) is 0 Å². The summed E-state index contributed by atoms with van der Waals surface area (Å²) < 4.78 is 12.2. The van der Waals surface area contributed by atoms with Crippen LogP contribution in [-0.4, -0.2) is 11.9 Å². The van der Waals surface area contributed by atoms with Crippen molar-refractivity contribution in [3.8, 4) is 11.5 Å². The molecule has 188 valence electrons. The van der Waals surface area contributed by atoms with E-state index in [2.05, 4.69) is 13.8 Å². The van der Waals surface area contributed by atoms with Crippen molar-refractivity contribution < 1.29 is 19.1 Å². The van der Waals surface area contributed by atoms with Crippen LogP contribution < -0.4 is 9.47 Å². The summed E-state index contributed by atoms with van der Waals surface area (Å²) in [5.74, 6) is 0.183. The van der Waals surface area contributed by atoms with E-state index in [-0.39, 0.29) is 23.8 Å². The van der Waals surface area contributed by atoms with Crippen LogP contribution in [-0.2, 0) is 9.59 Å². The second-order valence-corrected chi connectivity index (χ2v) is 9.67. The Morgan fingerprint density at radius 1 is 0.714 bits per heavy atom. The minimum Gasteiger partial charge on any atom is -0.425 e. The Morgan fingerprint density at radius 2 is 1.17 bits per heavy atom. The third kappa shape index (κ3) is 6.35. The fourth-order valence-corrected chi connectivity index (χ4v) is 4.71. The molecule has 0 aromatic heterocycles. The lowest BCUT2D eigenvalue weighted by Crippen LogP contribution is -2.21. The molecule has 0 aliphatic rings. The molecular weight excluding hydrogens is 460 g/mol. The first kappa shape index (κ1) is 27.0. The lowest BCUT2D eigenvalue weighted by atomic mass is 9.98. The van der Waals surface area contributed by atoms with E-state index in [0.717, 1.165) is 62.1 Å². The monoisotopic (exact) mass is 496 g/mol. The van der Waals surface area contributed by atoms with Crippen molar-refractivity contribution in [2.75, 3.05) is 0 Å². The van der Waals surface area contributed by atoms with Crippen LogP contribution in [0.4, 0.5) is 0 Å². The van der Waals surface area contributed by atoms with Crippen LogP contribution in [0.25, 0.3) is 21.5 Å². The number of unbranched alkanes of at least 4 members (excludes halogenated alkanes) is 2. The van der Waals surface area contributed by atoms with Crippen LogP contribution >= 0.6 is 11.6 Å². The molecule has 0 saturated heterocycles. The van der Waals surface area contributed by atoms with E-state index in [1.807, 2.05) is 44.2 Å². The number of hydrogen-bond donors (Lipinski definition) is 0. The van der Waals surface area contributed by atoms with E-state index >= 15 is 0 Å². The fourth-order valence-electron chi connectivity index (χ4n) is 4.54. The average molecular weight is 497 g/mol. The van der Waals surface area contributed by atoms with Gasteiger partial charge in [-0.3, -0.25) is 9.59 Å². The lowest BCUT2D eigenvalue weighted by molar-refractivity contribution is -0.140. The molecule has 5 heteroatoms. The number of rotatable bonds is 12. The van der Waals surface area contributed by atoms with Gasteiger partial charge in [-0.1, -0.05) is 89.2 Å². The van der Waals surface area contributed by atoms with Gasteiger partial charge in [0, 0.05) is 26.6 Å². The summed E-state index contributed by atoms with van der Waals surface area (Å²) in [5.41, 5.74) is 0. The van der Waals surface area contributed by atoms with E-state index in [9.17, 15) is 9.59 Å². The number of fused-ring (bicyclic) bond motifs is 2. The zero-order chi connectivity index (χ0) is 25.4. The molecule has 3 aromatic carbocycles. The number of esters is 2. The van der Waals surface area contributed by atoms with Gasteiger partial charge in [0.25, 0.3) is 0 Å². The minimum atomic E-state index is -0.234. The lowest BCUT2D eigenvalue weighted by Gasteiger charge is -2.20. The molecule has 0 amide bonds. The summed E-state index contributed by atoms with van der Waals surface area (Å²) in [6.07, 6.45) is 7.08. The van der Waals surface area contributed by atoms with Crippen LogP contribution in [0.15, 0.2) is 42.5 Å². The number of benzene rings is 3. The van der Waals surface area contributed by atoms with E-state index in [0.29, 0.717) is 27.3 Å². The molecule has 3 rings (SSSR count). The van der Waals surface area contributed by atoms with Crippen molar-refractivity contribution in [2.24, 2.45) is 11.8 Å². The molecule has 2 atom stereocenters. The van der Waals surface area contributed by atoms with Gasteiger partial charge in [-0.25, -0.2) is 0 Å². The summed E-state index contributed by atoms with van der Waals surface area (Å²) in [5, 5.41) is 3.36. The first-order chi connectivity index (χ1) is 16.9. The van der Waals surface area contributed by atoms with Crippen LogP contribution in [0.5, 0.6) is 11.5 Å². The predicted octanol–water partition coefficient (Wildman–Crippen LogP) is 8.89. The number of hydrogen-bond acceptors (Lipinski definition) is 4. The van der Waals surface area contributed by atoms with Crippen molar-refractivity contribution in [2.45, 2.75) is 79.1 Å². The normalized spacial score (nSPS) is 13.1. The first-order valence-electron chi connectivity index (χ1n) is 13.0. The molecule has 0 heterocycles. The van der Waals surface area contributed by atoms with Gasteiger partial charge in [0.2, 0.25) is 0 Å². The van der Waals surface area contributed by atoms with Gasteiger partial charge in [0.05, 0.1) is 11.8 Å². The maximum absolute atomic E-state index is 13.2. The maximum Gasteiger partial charge on any atom is 0.314 e. The van der Waals surface area contributed by atoms with Crippen LogP contribution in [0, 0.1) is 11.8 Å². The molecule has 3 aromatic rings. The van der Waals surface area contributed by atoms with Crippen molar-refractivity contribution >= 4 is 45.1 Å². The van der Waals surface area contributed by atoms with E-state index in [4.69, 9.17) is 21.1 Å². The van der Waals surface area contributed by atoms with Gasteiger partial charge < -0.3 is 9.47 Å². The molecule has 0 aliphatic heterocycles. The molecule has 35 heavy (non-hydrogen) atoms. The predicted molar refractivity (Wildman–Crippen MR) is 144 cm³/mol. The second kappa shape index (κ2) is 12.9. The van der Waals surface area contributed by atoms with E-state index in [1.54, 1.807) is 12.1 Å². The third-order valence-corrected chi connectivity index (χ3v) is 6.99. The Bertz CT molecular complexity index is 1170. The molecular formula is C30H37ClO4. The first-order valence-corrected chi connectivity index (χ1v) is 13.4. The molecule has 0 bridgehead atoms. The SMILES string of the molecule is CCCCC(CC)C(=O)Oc1c2ccccc2c(OC(=O)C(CC)CCCC)c2cc(Cl)ccc12. The minimum absolute atomic E-state index is 0.155. The average Bonchev–Trinajstić information content (AvgIpc) is 2.86. The Balaban J connectivity index is 2.13. The molecule has 0 radical (unpaired) electrons. The zero-order valence-electron chi connectivity index (χ0n) is 21.4. The highest BCUT2D eigenvalue weighted by Crippen LogP contribution is 2.44. The fraction of sp³-hybridized carbons (Fsp3) is 0.467. The Labute approximate surface area is 213 Å². The summed E-state index contributed by atoms with van der Waals surface area (Å²) in [4.78, 5) is 26.3. The Hall–Kier alpha value is -2.59. The summed E-state index contributed by atoms with van der Waals surface area (Å²) in [6, 6.07) is 13.0. The number of carbonyl (C=O) groups excluding carboxylic acids is 2. The largest absolute Gasteiger partial charge is 0.425 e. The summed E-state index contributed by atoms with van der Waals surface area (Å²) in [6.45, 7) is 8.27. The maximum atomic E-state index is 13.2. The molecule has 0 aliphatic carbocycles. The van der Waals surface area contributed by atoms with Gasteiger partial charge in [-0.05, 0) is 43.9 Å². The zero-order valence-corrected chi connectivity index (χ0v) is 22.1. The Kier molecular flexibility index (Phi) is 9.97. The van der Waals surface area contributed by atoms with Crippen molar-refractivity contribution in [3.05, 3.63) is 47.5 Å². The molecule has 0 fully saturated rings. The van der Waals surface area contributed by atoms with Crippen LogP contribution in [0.2, 0.25) is 5.02 Å². The van der Waals surface area contributed by atoms with Crippen LogP contribution in [0.3, 0.4) is 0 Å². The van der Waals surface area contributed by atoms with E-state index in [1.165, 1.54) is 0 Å². The molecule has 0 spiro atoms. The molecule has 0 N–H and O–H groups in total.